The fraction of sp³-hybridized carbons (Fsp3) is 0.500. The summed E-state index contributed by atoms with van der Waals surface area (Å²) in [5.41, 5.74) is 6.82. The monoisotopic (exact) mass is 177 g/mol. The minimum atomic E-state index is 0.509. The van der Waals surface area contributed by atoms with Crippen molar-refractivity contribution in [1.29, 1.82) is 0 Å². The molecule has 0 aliphatic carbocycles. The van der Waals surface area contributed by atoms with Gasteiger partial charge < -0.3 is 10.6 Å². The lowest BCUT2D eigenvalue weighted by atomic mass is 10.0. The lowest BCUT2D eigenvalue weighted by molar-refractivity contribution is 0.452. The molecule has 0 spiro atoms. The Morgan fingerprint density at radius 2 is 2.46 bits per heavy atom. The SMILES string of the molecule is Cc1ccc(N2CCC2CN)nc1. The number of aryl methyl sites for hydroxylation is 1. The van der Waals surface area contributed by atoms with E-state index in [9.17, 15) is 0 Å². The lowest BCUT2D eigenvalue weighted by Crippen LogP contribution is -2.52. The van der Waals surface area contributed by atoms with Gasteiger partial charge in [-0.3, -0.25) is 0 Å². The van der Waals surface area contributed by atoms with Crippen LogP contribution in [-0.2, 0) is 0 Å². The number of nitrogens with two attached hydrogens (primary N) is 1. The summed E-state index contributed by atoms with van der Waals surface area (Å²) in [7, 11) is 0. The van der Waals surface area contributed by atoms with Crippen LogP contribution in [0, 0.1) is 6.92 Å². The van der Waals surface area contributed by atoms with Gasteiger partial charge in [0, 0.05) is 25.3 Å². The van der Waals surface area contributed by atoms with E-state index >= 15 is 0 Å². The Kier molecular flexibility index (Phi) is 2.19. The summed E-state index contributed by atoms with van der Waals surface area (Å²) >= 11 is 0. The minimum absolute atomic E-state index is 0.509. The lowest BCUT2D eigenvalue weighted by Gasteiger charge is -2.41. The molecule has 13 heavy (non-hydrogen) atoms. The van der Waals surface area contributed by atoms with E-state index in [-0.39, 0.29) is 0 Å². The summed E-state index contributed by atoms with van der Waals surface area (Å²) in [6.07, 6.45) is 3.10. The molecule has 1 atom stereocenters. The Bertz CT molecular complexity index is 279. The number of hydrogen-bond acceptors (Lipinski definition) is 3. The highest BCUT2D eigenvalue weighted by Crippen LogP contribution is 2.23. The molecule has 1 aromatic heterocycles. The molecule has 0 bridgehead atoms. The normalized spacial score (nSPS) is 21.4. The number of anilines is 1. The van der Waals surface area contributed by atoms with E-state index in [4.69, 9.17) is 5.73 Å². The molecule has 3 heteroatoms. The second kappa shape index (κ2) is 3.34. The highest BCUT2D eigenvalue weighted by molar-refractivity contribution is 5.43. The largest absolute Gasteiger partial charge is 0.352 e. The molecule has 0 radical (unpaired) electrons. The van der Waals surface area contributed by atoms with Crippen LogP contribution in [-0.4, -0.2) is 24.1 Å². The molecular weight excluding hydrogens is 162 g/mol. The zero-order valence-corrected chi connectivity index (χ0v) is 7.90. The van der Waals surface area contributed by atoms with Gasteiger partial charge in [0.15, 0.2) is 0 Å². The summed E-state index contributed by atoms with van der Waals surface area (Å²) in [4.78, 5) is 6.63. The number of pyridine rings is 1. The summed E-state index contributed by atoms with van der Waals surface area (Å²) in [6, 6.07) is 4.67. The standard InChI is InChI=1S/C10H15N3/c1-8-2-3-10(12-7-8)13-5-4-9(13)6-11/h2-3,7,9H,4-6,11H2,1H3. The summed E-state index contributed by atoms with van der Waals surface area (Å²) in [6.45, 7) is 3.88. The third-order valence-corrected chi connectivity index (χ3v) is 2.61. The van der Waals surface area contributed by atoms with Crippen molar-refractivity contribution in [3.8, 4) is 0 Å². The minimum Gasteiger partial charge on any atom is -0.352 e. The maximum Gasteiger partial charge on any atom is 0.128 e. The molecule has 70 valence electrons. The predicted octanol–water partition coefficient (Wildman–Crippen LogP) is 0.927. The number of hydrogen-bond donors (Lipinski definition) is 1. The van der Waals surface area contributed by atoms with Crippen molar-refractivity contribution in [3.05, 3.63) is 23.9 Å². The Morgan fingerprint density at radius 3 is 2.92 bits per heavy atom. The third-order valence-electron chi connectivity index (χ3n) is 2.61. The van der Waals surface area contributed by atoms with Gasteiger partial charge >= 0.3 is 0 Å². The Labute approximate surface area is 78.6 Å². The van der Waals surface area contributed by atoms with Gasteiger partial charge in [-0.25, -0.2) is 4.98 Å². The Balaban J connectivity index is 2.12. The van der Waals surface area contributed by atoms with Gasteiger partial charge in [0.2, 0.25) is 0 Å². The fourth-order valence-corrected chi connectivity index (χ4v) is 1.62. The number of rotatable bonds is 2. The van der Waals surface area contributed by atoms with Crippen LogP contribution in [0.4, 0.5) is 5.82 Å². The highest BCUT2D eigenvalue weighted by Gasteiger charge is 2.27. The van der Waals surface area contributed by atoms with E-state index < -0.39 is 0 Å². The van der Waals surface area contributed by atoms with Crippen LogP contribution in [0.2, 0.25) is 0 Å². The van der Waals surface area contributed by atoms with Crippen molar-refractivity contribution in [2.45, 2.75) is 19.4 Å². The van der Waals surface area contributed by atoms with Crippen LogP contribution >= 0.6 is 0 Å². The molecule has 2 heterocycles. The average Bonchev–Trinajstić information content (AvgIpc) is 2.08. The Hall–Kier alpha value is -1.09. The van der Waals surface area contributed by atoms with Crippen molar-refractivity contribution >= 4 is 5.82 Å². The first-order valence-electron chi connectivity index (χ1n) is 4.70. The van der Waals surface area contributed by atoms with Crippen LogP contribution in [0.1, 0.15) is 12.0 Å². The molecule has 2 rings (SSSR count). The summed E-state index contributed by atoms with van der Waals surface area (Å²) in [5.74, 6) is 1.06. The van der Waals surface area contributed by atoms with Crippen LogP contribution in [0.5, 0.6) is 0 Å². The smallest absolute Gasteiger partial charge is 0.128 e. The number of aromatic nitrogens is 1. The topological polar surface area (TPSA) is 42.1 Å². The van der Waals surface area contributed by atoms with Gasteiger partial charge in [-0.1, -0.05) is 6.07 Å². The molecule has 1 unspecified atom stereocenters. The van der Waals surface area contributed by atoms with Crippen LogP contribution < -0.4 is 10.6 Å². The molecule has 0 amide bonds. The van der Waals surface area contributed by atoms with Gasteiger partial charge in [-0.15, -0.1) is 0 Å². The van der Waals surface area contributed by atoms with Crippen molar-refractivity contribution in [2.24, 2.45) is 5.73 Å². The van der Waals surface area contributed by atoms with Gasteiger partial charge in [-0.2, -0.15) is 0 Å². The number of nitrogens with zero attached hydrogens (tertiary/aromatic N) is 2. The first-order chi connectivity index (χ1) is 6.31. The van der Waals surface area contributed by atoms with Gasteiger partial charge in [0.25, 0.3) is 0 Å². The van der Waals surface area contributed by atoms with Gasteiger partial charge in [-0.05, 0) is 25.0 Å². The van der Waals surface area contributed by atoms with Crippen molar-refractivity contribution < 1.29 is 0 Å². The second-order valence-corrected chi connectivity index (χ2v) is 3.57. The van der Waals surface area contributed by atoms with E-state index in [1.165, 1.54) is 12.0 Å². The average molecular weight is 177 g/mol. The first-order valence-corrected chi connectivity index (χ1v) is 4.70. The van der Waals surface area contributed by atoms with E-state index in [1.807, 2.05) is 13.1 Å². The molecule has 1 aliphatic rings. The summed E-state index contributed by atoms with van der Waals surface area (Å²) < 4.78 is 0. The van der Waals surface area contributed by atoms with E-state index in [0.717, 1.165) is 18.9 Å². The van der Waals surface area contributed by atoms with Crippen LogP contribution in [0.3, 0.4) is 0 Å². The highest BCUT2D eigenvalue weighted by atomic mass is 15.3. The van der Waals surface area contributed by atoms with Crippen molar-refractivity contribution in [2.75, 3.05) is 18.0 Å². The summed E-state index contributed by atoms with van der Waals surface area (Å²) in [5, 5.41) is 0. The molecule has 3 nitrogen and oxygen atoms in total. The van der Waals surface area contributed by atoms with E-state index in [1.54, 1.807) is 0 Å². The van der Waals surface area contributed by atoms with Crippen LogP contribution in [0.25, 0.3) is 0 Å². The molecule has 1 fully saturated rings. The van der Waals surface area contributed by atoms with E-state index in [0.29, 0.717) is 6.04 Å². The first kappa shape index (κ1) is 8.51. The zero-order valence-electron chi connectivity index (χ0n) is 7.90. The third kappa shape index (κ3) is 1.52. The molecule has 2 N–H and O–H groups in total. The molecule has 0 aromatic carbocycles. The molecule has 1 aliphatic heterocycles. The van der Waals surface area contributed by atoms with Gasteiger partial charge in [0.1, 0.15) is 5.82 Å². The molecule has 0 saturated carbocycles. The zero-order chi connectivity index (χ0) is 9.26. The van der Waals surface area contributed by atoms with Crippen molar-refractivity contribution in [1.82, 2.24) is 4.98 Å². The van der Waals surface area contributed by atoms with E-state index in [2.05, 4.69) is 22.0 Å². The quantitative estimate of drug-likeness (QED) is 0.730. The maximum absolute atomic E-state index is 5.62. The van der Waals surface area contributed by atoms with Gasteiger partial charge in [0.05, 0.1) is 0 Å². The molecule has 1 saturated heterocycles. The molecular formula is C10H15N3. The fourth-order valence-electron chi connectivity index (χ4n) is 1.62. The van der Waals surface area contributed by atoms with Crippen LogP contribution in [0.15, 0.2) is 18.3 Å². The predicted molar refractivity (Wildman–Crippen MR) is 53.8 cm³/mol. The second-order valence-electron chi connectivity index (χ2n) is 3.57. The van der Waals surface area contributed by atoms with Crippen molar-refractivity contribution in [3.63, 3.8) is 0 Å². The molecule has 1 aromatic rings. The maximum atomic E-state index is 5.62. The Morgan fingerprint density at radius 1 is 1.62 bits per heavy atom.